The van der Waals surface area contributed by atoms with Crippen LogP contribution < -0.4 is 5.73 Å². The summed E-state index contributed by atoms with van der Waals surface area (Å²) in [5.41, 5.74) is 6.25. The third-order valence-electron chi connectivity index (χ3n) is 1.08. The molecule has 3 N–H and O–H groups in total. The van der Waals surface area contributed by atoms with Crippen LogP contribution in [0.1, 0.15) is 13.3 Å². The molecule has 0 spiro atoms. The molecule has 8 heavy (non-hydrogen) atoms. The van der Waals surface area contributed by atoms with Crippen molar-refractivity contribution in [2.24, 2.45) is 5.73 Å². The zero-order valence-electron chi connectivity index (χ0n) is 5.22. The predicted octanol–water partition coefficient (Wildman–Crippen LogP) is 0.274. The number of aliphatic hydroxyl groups excluding tert-OH is 1. The van der Waals surface area contributed by atoms with Gasteiger partial charge >= 0.3 is 0 Å². The van der Waals surface area contributed by atoms with E-state index in [1.54, 1.807) is 0 Å². The van der Waals surface area contributed by atoms with Gasteiger partial charge in [0, 0.05) is 0 Å². The lowest BCUT2D eigenvalue weighted by Gasteiger charge is -1.96. The van der Waals surface area contributed by atoms with Crippen molar-refractivity contribution < 1.29 is 5.11 Å². The lowest BCUT2D eigenvalue weighted by molar-refractivity contribution is 0.326. The van der Waals surface area contributed by atoms with Crippen LogP contribution in [0.3, 0.4) is 0 Å². The van der Waals surface area contributed by atoms with Crippen molar-refractivity contribution in [3.8, 4) is 0 Å². The van der Waals surface area contributed by atoms with E-state index in [1.807, 2.05) is 13.0 Å². The van der Waals surface area contributed by atoms with Gasteiger partial charge in [0.15, 0.2) is 0 Å². The van der Waals surface area contributed by atoms with E-state index in [0.29, 0.717) is 6.54 Å². The van der Waals surface area contributed by atoms with E-state index >= 15 is 0 Å². The van der Waals surface area contributed by atoms with Crippen LogP contribution in [0, 0.1) is 0 Å². The summed E-state index contributed by atoms with van der Waals surface area (Å²) in [5, 5.41) is 8.53. The van der Waals surface area contributed by atoms with E-state index < -0.39 is 0 Å². The molecule has 0 aromatic rings. The molecule has 0 saturated heterocycles. The van der Waals surface area contributed by atoms with E-state index in [4.69, 9.17) is 10.8 Å². The Kier molecular flexibility index (Phi) is 4.61. The molecule has 0 saturated carbocycles. The summed E-state index contributed by atoms with van der Waals surface area (Å²) in [7, 11) is 0. The van der Waals surface area contributed by atoms with Gasteiger partial charge in [-0.3, -0.25) is 0 Å². The molecule has 0 radical (unpaired) electrons. The standard InChI is InChI=1S/C6H13NO/c1-2-6(5-8)3-4-7/h2,8H,3-5,7H2,1H3/b6-2+. The van der Waals surface area contributed by atoms with E-state index in [-0.39, 0.29) is 6.61 Å². The Hall–Kier alpha value is -0.340. The highest BCUT2D eigenvalue weighted by Crippen LogP contribution is 1.95. The van der Waals surface area contributed by atoms with Gasteiger partial charge in [0.1, 0.15) is 0 Å². The Morgan fingerprint density at radius 2 is 2.38 bits per heavy atom. The monoisotopic (exact) mass is 115 g/mol. The van der Waals surface area contributed by atoms with Crippen molar-refractivity contribution in [2.75, 3.05) is 13.2 Å². The van der Waals surface area contributed by atoms with Crippen LogP contribution in [0.4, 0.5) is 0 Å². The first-order valence-electron chi connectivity index (χ1n) is 2.80. The van der Waals surface area contributed by atoms with Crippen molar-refractivity contribution >= 4 is 0 Å². The van der Waals surface area contributed by atoms with E-state index in [0.717, 1.165) is 12.0 Å². The van der Waals surface area contributed by atoms with Crippen molar-refractivity contribution in [1.29, 1.82) is 0 Å². The van der Waals surface area contributed by atoms with E-state index in [1.165, 1.54) is 0 Å². The molecule has 0 unspecified atom stereocenters. The average Bonchev–Trinajstić information content (AvgIpc) is 1.83. The third kappa shape index (κ3) is 2.77. The van der Waals surface area contributed by atoms with Crippen LogP contribution in [-0.4, -0.2) is 18.3 Å². The van der Waals surface area contributed by atoms with Crippen LogP contribution in [0.15, 0.2) is 11.6 Å². The largest absolute Gasteiger partial charge is 0.392 e. The Labute approximate surface area is 50.0 Å². The first kappa shape index (κ1) is 7.66. The quantitative estimate of drug-likeness (QED) is 0.519. The topological polar surface area (TPSA) is 46.2 Å². The van der Waals surface area contributed by atoms with Crippen molar-refractivity contribution in [1.82, 2.24) is 0 Å². The summed E-state index contributed by atoms with van der Waals surface area (Å²) < 4.78 is 0. The molecule has 48 valence electrons. The normalized spacial score (nSPS) is 12.1. The number of hydrogen-bond acceptors (Lipinski definition) is 2. The molecular formula is C6H13NO. The predicted molar refractivity (Wildman–Crippen MR) is 34.5 cm³/mol. The lowest BCUT2D eigenvalue weighted by Crippen LogP contribution is -2.02. The molecule has 2 heteroatoms. The fourth-order valence-electron chi connectivity index (χ4n) is 0.500. The molecule has 0 bridgehead atoms. The van der Waals surface area contributed by atoms with Crippen LogP contribution in [0.5, 0.6) is 0 Å². The van der Waals surface area contributed by atoms with Crippen LogP contribution >= 0.6 is 0 Å². The molecular weight excluding hydrogens is 102 g/mol. The van der Waals surface area contributed by atoms with Gasteiger partial charge in [-0.1, -0.05) is 6.08 Å². The molecule has 0 fully saturated rings. The molecule has 0 aliphatic carbocycles. The highest BCUT2D eigenvalue weighted by atomic mass is 16.3. The van der Waals surface area contributed by atoms with Gasteiger partial charge in [0.2, 0.25) is 0 Å². The number of allylic oxidation sites excluding steroid dienone is 1. The minimum Gasteiger partial charge on any atom is -0.392 e. The fourth-order valence-corrected chi connectivity index (χ4v) is 0.500. The van der Waals surface area contributed by atoms with Crippen molar-refractivity contribution in [2.45, 2.75) is 13.3 Å². The van der Waals surface area contributed by atoms with Crippen molar-refractivity contribution in [3.05, 3.63) is 11.6 Å². The van der Waals surface area contributed by atoms with Crippen LogP contribution in [0.2, 0.25) is 0 Å². The maximum atomic E-state index is 8.53. The average molecular weight is 115 g/mol. The molecule has 0 rings (SSSR count). The van der Waals surface area contributed by atoms with Gasteiger partial charge in [-0.15, -0.1) is 0 Å². The zero-order chi connectivity index (χ0) is 6.41. The van der Waals surface area contributed by atoms with E-state index in [9.17, 15) is 0 Å². The summed E-state index contributed by atoms with van der Waals surface area (Å²) in [6.45, 7) is 2.68. The zero-order valence-corrected chi connectivity index (χ0v) is 5.22. The maximum absolute atomic E-state index is 8.53. The summed E-state index contributed by atoms with van der Waals surface area (Å²) in [5.74, 6) is 0. The molecule has 0 aliphatic heterocycles. The third-order valence-corrected chi connectivity index (χ3v) is 1.08. The Morgan fingerprint density at radius 1 is 1.75 bits per heavy atom. The first-order chi connectivity index (χ1) is 3.85. The molecule has 0 heterocycles. The summed E-state index contributed by atoms with van der Waals surface area (Å²) in [4.78, 5) is 0. The Balaban J connectivity index is 3.38. The maximum Gasteiger partial charge on any atom is 0.0642 e. The molecule has 0 atom stereocenters. The van der Waals surface area contributed by atoms with Crippen LogP contribution in [-0.2, 0) is 0 Å². The smallest absolute Gasteiger partial charge is 0.0642 e. The SMILES string of the molecule is C/C=C(/CO)CCN. The summed E-state index contributed by atoms with van der Waals surface area (Å²) in [6.07, 6.45) is 2.71. The highest BCUT2D eigenvalue weighted by molar-refractivity contribution is 4.99. The minimum atomic E-state index is 0.147. The minimum absolute atomic E-state index is 0.147. The van der Waals surface area contributed by atoms with Gasteiger partial charge in [0.05, 0.1) is 6.61 Å². The van der Waals surface area contributed by atoms with Gasteiger partial charge in [0.25, 0.3) is 0 Å². The molecule has 0 aromatic carbocycles. The van der Waals surface area contributed by atoms with Gasteiger partial charge < -0.3 is 10.8 Å². The van der Waals surface area contributed by atoms with Gasteiger partial charge in [-0.2, -0.15) is 0 Å². The number of nitrogens with two attached hydrogens (primary N) is 1. The number of hydrogen-bond donors (Lipinski definition) is 2. The summed E-state index contributed by atoms with van der Waals surface area (Å²) >= 11 is 0. The van der Waals surface area contributed by atoms with Crippen LogP contribution in [0.25, 0.3) is 0 Å². The second kappa shape index (κ2) is 4.81. The fraction of sp³-hybridized carbons (Fsp3) is 0.667. The number of aliphatic hydroxyl groups is 1. The highest BCUT2D eigenvalue weighted by Gasteiger charge is 1.88. The molecule has 0 aliphatic rings. The number of rotatable bonds is 3. The molecule has 0 amide bonds. The van der Waals surface area contributed by atoms with E-state index in [2.05, 4.69) is 0 Å². The lowest BCUT2D eigenvalue weighted by atomic mass is 10.2. The Morgan fingerprint density at radius 3 is 2.50 bits per heavy atom. The van der Waals surface area contributed by atoms with Gasteiger partial charge in [-0.25, -0.2) is 0 Å². The first-order valence-corrected chi connectivity index (χ1v) is 2.80. The Bertz CT molecular complexity index is 78.6. The second-order valence-corrected chi connectivity index (χ2v) is 1.64. The second-order valence-electron chi connectivity index (χ2n) is 1.64. The van der Waals surface area contributed by atoms with Crippen molar-refractivity contribution in [3.63, 3.8) is 0 Å². The molecule has 2 nitrogen and oxygen atoms in total. The molecule has 0 aromatic heterocycles. The van der Waals surface area contributed by atoms with Gasteiger partial charge in [-0.05, 0) is 25.5 Å². The summed E-state index contributed by atoms with van der Waals surface area (Å²) in [6, 6.07) is 0.